The normalized spacial score (nSPS) is 12.4. The summed E-state index contributed by atoms with van der Waals surface area (Å²) in [6.45, 7) is 2.18. The summed E-state index contributed by atoms with van der Waals surface area (Å²) in [6.07, 6.45) is 18.1. The molecule has 12 N–H and O–H groups in total. The summed E-state index contributed by atoms with van der Waals surface area (Å²) < 4.78 is 194. The zero-order valence-corrected chi connectivity index (χ0v) is 91.0. The van der Waals surface area contributed by atoms with Gasteiger partial charge in [0.05, 0.1) is 0 Å². The maximum atomic E-state index is 14.0. The van der Waals surface area contributed by atoms with Crippen LogP contribution in [0.1, 0.15) is 139 Å². The molecule has 0 aliphatic heterocycles. The molecule has 11 aromatic rings. The third-order valence-electron chi connectivity index (χ3n) is 19.1. The Morgan fingerprint density at radius 1 is 0.356 bits per heavy atom. The number of rotatable bonds is 42. The largest absolute Gasteiger partial charge is 0.399 e. The van der Waals surface area contributed by atoms with Crippen LogP contribution in [0.15, 0.2) is 246 Å². The molecule has 0 saturated heterocycles. The summed E-state index contributed by atoms with van der Waals surface area (Å²) in [6, 6.07) is 49.2. The van der Waals surface area contributed by atoms with Crippen molar-refractivity contribution in [2.24, 2.45) is 0 Å². The topological polar surface area (TPSA) is 358 Å². The molecular weight excluding hydrogens is 2430 g/mol. The summed E-state index contributed by atoms with van der Waals surface area (Å²) in [4.78, 5) is 103. The number of thioether (sulfide) groups is 5. The van der Waals surface area contributed by atoms with Crippen LogP contribution in [-0.2, 0) is 89.0 Å². The van der Waals surface area contributed by atoms with Gasteiger partial charge >= 0.3 is 66.3 Å². The molecule has 20 nitrogen and oxygen atoms in total. The Kier molecular flexibility index (Phi) is 48.2. The minimum absolute atomic E-state index is 0.00105. The molecule has 736 valence electrons. The van der Waals surface area contributed by atoms with Gasteiger partial charge in [-0.3, -0.25) is 27.9 Å². The van der Waals surface area contributed by atoms with Gasteiger partial charge in [-0.15, -0.1) is 40.4 Å². The molecule has 11 rings (SSSR count). The molecule has 2 aromatic heterocycles. The first-order chi connectivity index (χ1) is 63.1. The second-order valence-corrected chi connectivity index (χ2v) is 49.8. The molecule has 2 heterocycles. The van der Waals surface area contributed by atoms with Crippen molar-refractivity contribution in [3.8, 4) is 11.4 Å². The molecule has 0 bridgehead atoms. The number of benzene rings is 9. The number of aromatic amines is 2. The fourth-order valence-corrected chi connectivity index (χ4v) is 24.5. The SMILES string of the molecule is CCCCCc1ccc(-c2nc(SCc3ccc(C(F)(F)P(=O)(O)O)c(Br)c3)n[nH]2)cc1.O=P(O)(O)C(F)(F)c1ccc(CCCCSc2cc(Cl)cc(Cl)c2)cc1Br.O=P(O)(O)C(F)(F)c1ccc(CCCCSc2ccc(Cl)cc2)cc1Br.O=P(O)(O)C(F)(F)c1ccc(CCCCSc2cccc(Br)c2)cc1Br.O=P(O)(O)C(F)(F)c1ccc(CCCCSc2ncc[nH]2)cc1Br. The van der Waals surface area contributed by atoms with E-state index in [0.717, 1.165) is 158 Å². The Bertz CT molecular complexity index is 5940. The zero-order valence-electron chi connectivity index (χ0n) is 70.6. The Morgan fingerprint density at radius 3 is 1.05 bits per heavy atom. The highest BCUT2D eigenvalue weighted by Crippen LogP contribution is 2.65. The number of aryl methyl sites for hydroxylation is 5. The quantitative estimate of drug-likeness (QED) is 0.00732. The van der Waals surface area contributed by atoms with Gasteiger partial charge in [0.2, 0.25) is 5.16 Å². The minimum atomic E-state index is -5.63. The van der Waals surface area contributed by atoms with E-state index in [1.165, 1.54) is 102 Å². The van der Waals surface area contributed by atoms with Crippen LogP contribution in [0.2, 0.25) is 15.1 Å². The van der Waals surface area contributed by atoms with Crippen molar-refractivity contribution in [3.05, 3.63) is 297 Å². The molecule has 135 heavy (non-hydrogen) atoms. The maximum Gasteiger partial charge on any atom is 0.399 e. The van der Waals surface area contributed by atoms with E-state index in [1.807, 2.05) is 66.7 Å². The Morgan fingerprint density at radius 2 is 0.696 bits per heavy atom. The molecule has 0 aliphatic carbocycles. The van der Waals surface area contributed by atoms with Crippen molar-refractivity contribution in [1.29, 1.82) is 0 Å². The number of aromatic nitrogens is 5. The van der Waals surface area contributed by atoms with Crippen LogP contribution in [-0.4, -0.2) is 97.1 Å². The number of hydrogen-bond donors (Lipinski definition) is 12. The first-order valence-corrected chi connectivity index (χ1v) is 59.2. The molecule has 0 aliphatic rings. The van der Waals surface area contributed by atoms with Crippen LogP contribution in [0.4, 0.5) is 43.9 Å². The summed E-state index contributed by atoms with van der Waals surface area (Å²) in [7, 11) is -27.9. The number of halogens is 19. The van der Waals surface area contributed by atoms with Crippen molar-refractivity contribution in [3.63, 3.8) is 0 Å². The Labute approximate surface area is 860 Å². The van der Waals surface area contributed by atoms with Crippen LogP contribution in [0, 0.1) is 0 Å². The molecule has 0 fully saturated rings. The van der Waals surface area contributed by atoms with Crippen LogP contribution >= 0.6 is 227 Å². The second kappa shape index (κ2) is 54.7. The highest BCUT2D eigenvalue weighted by Gasteiger charge is 2.55. The summed E-state index contributed by atoms with van der Waals surface area (Å²) >= 11 is 44.2. The van der Waals surface area contributed by atoms with Crippen molar-refractivity contribution >= 4 is 227 Å². The van der Waals surface area contributed by atoms with Crippen LogP contribution in [0.3, 0.4) is 0 Å². The number of hydrogen-bond acceptors (Lipinski definition) is 13. The van der Waals surface area contributed by atoms with Crippen molar-refractivity contribution < 1.29 is 116 Å². The Hall–Kier alpha value is -3.12. The first kappa shape index (κ1) is 119. The maximum absolute atomic E-state index is 14.0. The third kappa shape index (κ3) is 37.5. The molecule has 0 radical (unpaired) electrons. The van der Waals surface area contributed by atoms with E-state index in [1.54, 1.807) is 65.5 Å². The number of nitrogens with one attached hydrogen (secondary N) is 2. The van der Waals surface area contributed by atoms with Gasteiger partial charge in [-0.25, -0.2) is 9.97 Å². The first-order valence-electron chi connectivity index (χ1n) is 40.3. The van der Waals surface area contributed by atoms with Gasteiger partial charge in [0, 0.05) is 114 Å². The summed E-state index contributed by atoms with van der Waals surface area (Å²) in [5.74, 6) is 4.66. The lowest BCUT2D eigenvalue weighted by molar-refractivity contribution is 0.0557. The molecule has 0 amide bonds. The van der Waals surface area contributed by atoms with Crippen LogP contribution in [0.25, 0.3) is 11.4 Å². The summed E-state index contributed by atoms with van der Waals surface area (Å²) in [5, 5.41) is 10.3. The monoisotopic (exact) mass is 2510 g/mol. The standard InChI is InChI=1S/C21H23BrF2N3O3PS.C17H17Br2F2O3PS.C17H16BrCl2F2O3PS.C17H17BrClF2O3PS.C14H16BrF2N2O3PS/c1-2-3-4-5-14-6-9-16(10-7-14)19-25-20(27-26-19)32-13-15-8-11-17(18(22)12-15)21(23,24)31(28,29)30;18-13-5-3-6-14(11-13)26-9-2-1-4-12-7-8-15(16(19)10-12)17(20,21)25(22,23)24;18-16-7-11(4-5-15(16)17(21,22)26(23,24)25)3-1-2-6-27-14-9-12(19)8-13(20)10-14;18-16-11-12(4-9-15(16)17(20,21)25(22,23)24)3-1-2-10-26-14-7-5-13(19)6-8-14;15-12-9-10(3-1-2-8-24-13-18-6-7-19-13)4-5-11(12)14(16,17)23(20,21)22/h6-12H,2-5,13H2,1H3,(H,25,26,27)(H2,28,29,30);3,5-8,10-11H,1-2,4,9H2,(H2,22,23,24);4-5,7-10H,1-3,6H2,(H2,23,24,25);4-9,11H,1-3,10H2,(H2,22,23,24);4-7,9H,1-3,8H2,(H,18,19)(H2,20,21,22). The molecule has 49 heteroatoms. The molecular formula is C86H89Br6Cl3F10N5O15P5S5. The average Bonchev–Trinajstić information content (AvgIpc) is 1.14. The third-order valence-corrected chi connectivity index (χ3v) is 33.6. The summed E-state index contributed by atoms with van der Waals surface area (Å²) in [5.41, 5.74) is -18.5. The predicted molar refractivity (Wildman–Crippen MR) is 540 cm³/mol. The lowest BCUT2D eigenvalue weighted by Gasteiger charge is -2.19. The van der Waals surface area contributed by atoms with Crippen molar-refractivity contribution in [2.45, 2.75) is 169 Å². The van der Waals surface area contributed by atoms with Gasteiger partial charge in [-0.2, -0.15) is 43.9 Å². The van der Waals surface area contributed by atoms with E-state index in [2.05, 4.69) is 146 Å². The van der Waals surface area contributed by atoms with E-state index in [-0.39, 0.29) is 22.4 Å². The number of imidazole rings is 1. The number of H-pyrrole nitrogens is 2. The van der Waals surface area contributed by atoms with Gasteiger partial charge in [0.25, 0.3) is 0 Å². The predicted octanol–water partition coefficient (Wildman–Crippen LogP) is 31.1. The van der Waals surface area contributed by atoms with Crippen LogP contribution in [0.5, 0.6) is 0 Å². The van der Waals surface area contributed by atoms with Crippen LogP contribution < -0.4 is 0 Å². The van der Waals surface area contributed by atoms with Crippen molar-refractivity contribution in [1.82, 2.24) is 25.1 Å². The molecule has 0 spiro atoms. The molecule has 0 atom stereocenters. The van der Waals surface area contributed by atoms with Gasteiger partial charge < -0.3 is 53.9 Å². The number of unbranched alkanes of at least 4 members (excludes halogenated alkanes) is 6. The van der Waals surface area contributed by atoms with E-state index >= 15 is 0 Å². The van der Waals surface area contributed by atoms with Gasteiger partial charge in [0.1, 0.15) is 0 Å². The molecule has 0 saturated carbocycles. The highest BCUT2D eigenvalue weighted by atomic mass is 79.9. The van der Waals surface area contributed by atoms with E-state index < -0.39 is 94.1 Å². The van der Waals surface area contributed by atoms with Gasteiger partial charge in [-0.1, -0.05) is 265 Å². The minimum Gasteiger partial charge on any atom is -0.340 e. The average molecular weight is 2520 g/mol. The van der Waals surface area contributed by atoms with Gasteiger partial charge in [0.15, 0.2) is 11.0 Å². The smallest absolute Gasteiger partial charge is 0.340 e. The van der Waals surface area contributed by atoms with Gasteiger partial charge in [-0.05, 0) is 232 Å². The van der Waals surface area contributed by atoms with E-state index in [9.17, 15) is 66.7 Å². The Balaban J connectivity index is 0.000000231. The fraction of sp³-hybridized carbons (Fsp3) is 0.314. The van der Waals surface area contributed by atoms with E-state index in [4.69, 9.17) is 83.7 Å². The number of alkyl halides is 10. The molecule has 9 aromatic carbocycles. The van der Waals surface area contributed by atoms with Crippen molar-refractivity contribution in [2.75, 3.05) is 23.0 Å². The van der Waals surface area contributed by atoms with E-state index in [0.29, 0.717) is 63.0 Å². The zero-order chi connectivity index (χ0) is 100. The lowest BCUT2D eigenvalue weighted by atomic mass is 10.1. The second-order valence-electron chi connectivity index (χ2n) is 29.5. The molecule has 0 unspecified atom stereocenters. The fourth-order valence-electron chi connectivity index (χ4n) is 12.0. The lowest BCUT2D eigenvalue weighted by Crippen LogP contribution is -2.14. The number of nitrogens with zero attached hydrogens (tertiary/aromatic N) is 3. The highest BCUT2D eigenvalue weighted by molar-refractivity contribution is 9.11.